The van der Waals surface area contributed by atoms with E-state index >= 15 is 0 Å². The van der Waals surface area contributed by atoms with Crippen LogP contribution in [0.2, 0.25) is 5.02 Å². The number of amides is 1. The van der Waals surface area contributed by atoms with Crippen molar-refractivity contribution in [2.24, 2.45) is 0 Å². The maximum atomic E-state index is 11.8. The van der Waals surface area contributed by atoms with Crippen molar-refractivity contribution in [3.05, 3.63) is 45.1 Å². The van der Waals surface area contributed by atoms with Gasteiger partial charge in [-0.2, -0.15) is 11.3 Å². The number of rotatable bonds is 5. The molecule has 0 spiro atoms. The lowest BCUT2D eigenvalue weighted by Gasteiger charge is -2.20. The van der Waals surface area contributed by atoms with Crippen molar-refractivity contribution in [3.63, 3.8) is 0 Å². The van der Waals surface area contributed by atoms with Gasteiger partial charge >= 0.3 is 0 Å². The van der Waals surface area contributed by atoms with Crippen LogP contribution in [-0.2, 0) is 17.6 Å². The molecule has 0 fully saturated rings. The van der Waals surface area contributed by atoms with Crippen molar-refractivity contribution in [3.8, 4) is 11.5 Å². The fourth-order valence-electron chi connectivity index (χ4n) is 2.30. The lowest BCUT2D eigenvalue weighted by molar-refractivity contribution is -0.120. The first kappa shape index (κ1) is 15.2. The summed E-state index contributed by atoms with van der Waals surface area (Å²) in [5, 5.41) is 7.43. The number of ether oxygens (including phenoxy) is 2. The first-order valence-corrected chi connectivity index (χ1v) is 8.40. The van der Waals surface area contributed by atoms with Crippen LogP contribution in [0.3, 0.4) is 0 Å². The molecule has 6 heteroatoms. The van der Waals surface area contributed by atoms with E-state index in [1.54, 1.807) is 11.3 Å². The van der Waals surface area contributed by atoms with Gasteiger partial charge in [0.15, 0.2) is 11.5 Å². The molecule has 1 aliphatic rings. The molecule has 1 amide bonds. The Morgan fingerprint density at radius 2 is 2.14 bits per heavy atom. The van der Waals surface area contributed by atoms with Crippen molar-refractivity contribution in [2.75, 3.05) is 19.8 Å². The van der Waals surface area contributed by atoms with Gasteiger partial charge in [0, 0.05) is 6.54 Å². The number of fused-ring (bicyclic) bond motifs is 1. The summed E-state index contributed by atoms with van der Waals surface area (Å²) in [7, 11) is 0. The molecular weight excluding hydrogens is 322 g/mol. The lowest BCUT2D eigenvalue weighted by atomic mass is 10.1. The Labute approximate surface area is 138 Å². The molecule has 1 aromatic heterocycles. The number of halogens is 1. The number of carbonyl (C=O) groups is 1. The van der Waals surface area contributed by atoms with Gasteiger partial charge in [-0.15, -0.1) is 0 Å². The molecule has 116 valence electrons. The molecule has 2 aromatic rings. The summed E-state index contributed by atoms with van der Waals surface area (Å²) in [5.74, 6) is 1.32. The minimum absolute atomic E-state index is 0.0297. The van der Waals surface area contributed by atoms with E-state index in [-0.39, 0.29) is 5.91 Å². The zero-order chi connectivity index (χ0) is 15.4. The van der Waals surface area contributed by atoms with Gasteiger partial charge in [0.2, 0.25) is 5.91 Å². The molecule has 22 heavy (non-hydrogen) atoms. The van der Waals surface area contributed by atoms with Crippen LogP contribution < -0.4 is 14.8 Å². The van der Waals surface area contributed by atoms with E-state index in [4.69, 9.17) is 21.1 Å². The number of carbonyl (C=O) groups excluding carboxylic acids is 1. The standard InChI is InChI=1S/C16H16ClNO3S/c17-13-7-11(8-14-16(13)21-5-4-20-14)1-3-18-15(19)9-12-2-6-22-10-12/h2,6-8,10H,1,3-5,9H2,(H,18,19). The predicted molar refractivity (Wildman–Crippen MR) is 87.2 cm³/mol. The van der Waals surface area contributed by atoms with Crippen molar-refractivity contribution < 1.29 is 14.3 Å². The molecule has 0 aliphatic carbocycles. The third kappa shape index (κ3) is 3.72. The normalized spacial score (nSPS) is 13.0. The van der Waals surface area contributed by atoms with Gasteiger partial charge in [0.25, 0.3) is 0 Å². The summed E-state index contributed by atoms with van der Waals surface area (Å²) in [6.07, 6.45) is 1.12. The van der Waals surface area contributed by atoms with Crippen molar-refractivity contribution >= 4 is 28.8 Å². The maximum Gasteiger partial charge on any atom is 0.224 e. The number of hydrogen-bond acceptors (Lipinski definition) is 4. The van der Waals surface area contributed by atoms with Crippen molar-refractivity contribution in [1.82, 2.24) is 5.32 Å². The van der Waals surface area contributed by atoms with Crippen LogP contribution in [0.5, 0.6) is 11.5 Å². The van der Waals surface area contributed by atoms with Gasteiger partial charge in [0.05, 0.1) is 11.4 Å². The van der Waals surface area contributed by atoms with Gasteiger partial charge in [0.1, 0.15) is 13.2 Å². The van der Waals surface area contributed by atoms with Gasteiger partial charge < -0.3 is 14.8 Å². The predicted octanol–water partition coefficient (Wildman–Crippen LogP) is 3.07. The van der Waals surface area contributed by atoms with Crippen LogP contribution in [0.1, 0.15) is 11.1 Å². The van der Waals surface area contributed by atoms with Crippen LogP contribution in [-0.4, -0.2) is 25.7 Å². The molecule has 0 radical (unpaired) electrons. The molecule has 4 nitrogen and oxygen atoms in total. The van der Waals surface area contributed by atoms with E-state index in [2.05, 4.69) is 5.32 Å². The zero-order valence-corrected chi connectivity index (χ0v) is 13.5. The molecule has 0 saturated heterocycles. The quantitative estimate of drug-likeness (QED) is 0.912. The first-order valence-electron chi connectivity index (χ1n) is 7.08. The summed E-state index contributed by atoms with van der Waals surface area (Å²) < 4.78 is 11.0. The minimum Gasteiger partial charge on any atom is -0.486 e. The summed E-state index contributed by atoms with van der Waals surface area (Å²) >= 11 is 7.79. The molecule has 1 aliphatic heterocycles. The Balaban J connectivity index is 1.53. The molecular formula is C16H16ClNO3S. The van der Waals surface area contributed by atoms with E-state index in [0.717, 1.165) is 11.1 Å². The van der Waals surface area contributed by atoms with Crippen LogP contribution in [0, 0.1) is 0 Å². The molecule has 0 saturated carbocycles. The molecule has 0 bridgehead atoms. The van der Waals surface area contributed by atoms with E-state index in [1.807, 2.05) is 29.0 Å². The molecule has 3 rings (SSSR count). The number of thiophene rings is 1. The fourth-order valence-corrected chi connectivity index (χ4v) is 3.25. The third-order valence-corrected chi connectivity index (χ3v) is 4.35. The highest BCUT2D eigenvalue weighted by Gasteiger charge is 2.16. The summed E-state index contributed by atoms with van der Waals surface area (Å²) in [6.45, 7) is 1.62. The van der Waals surface area contributed by atoms with Gasteiger partial charge in [-0.25, -0.2) is 0 Å². The SMILES string of the molecule is O=C(Cc1ccsc1)NCCc1cc(Cl)c2c(c1)OCCO2. The molecule has 1 N–H and O–H groups in total. The highest BCUT2D eigenvalue weighted by molar-refractivity contribution is 7.08. The Kier molecular flexibility index (Phi) is 4.85. The highest BCUT2D eigenvalue weighted by atomic mass is 35.5. The van der Waals surface area contributed by atoms with E-state index < -0.39 is 0 Å². The largest absolute Gasteiger partial charge is 0.486 e. The Morgan fingerprint density at radius 1 is 1.27 bits per heavy atom. The second-order valence-electron chi connectivity index (χ2n) is 5.01. The number of benzene rings is 1. The van der Waals surface area contributed by atoms with E-state index in [0.29, 0.717) is 49.1 Å². The zero-order valence-electron chi connectivity index (χ0n) is 11.9. The number of nitrogens with one attached hydrogen (secondary N) is 1. The Hall–Kier alpha value is -1.72. The van der Waals surface area contributed by atoms with Crippen LogP contribution >= 0.6 is 22.9 Å². The smallest absolute Gasteiger partial charge is 0.224 e. The van der Waals surface area contributed by atoms with E-state index in [9.17, 15) is 4.79 Å². The topological polar surface area (TPSA) is 47.6 Å². The minimum atomic E-state index is 0.0297. The second-order valence-corrected chi connectivity index (χ2v) is 6.20. The van der Waals surface area contributed by atoms with Crippen LogP contribution in [0.25, 0.3) is 0 Å². The second kappa shape index (κ2) is 7.03. The van der Waals surface area contributed by atoms with Crippen LogP contribution in [0.15, 0.2) is 29.0 Å². The monoisotopic (exact) mass is 337 g/mol. The Bertz CT molecular complexity index is 658. The molecule has 0 unspecified atom stereocenters. The molecule has 0 atom stereocenters. The fraction of sp³-hybridized carbons (Fsp3) is 0.312. The van der Waals surface area contributed by atoms with Gasteiger partial charge in [-0.1, -0.05) is 11.6 Å². The maximum absolute atomic E-state index is 11.8. The molecule has 2 heterocycles. The summed E-state index contributed by atoms with van der Waals surface area (Å²) in [6, 6.07) is 5.75. The third-order valence-electron chi connectivity index (χ3n) is 3.34. The van der Waals surface area contributed by atoms with Gasteiger partial charge in [-0.05, 0) is 46.5 Å². The average Bonchev–Trinajstić information content (AvgIpc) is 3.00. The van der Waals surface area contributed by atoms with Crippen molar-refractivity contribution in [1.29, 1.82) is 0 Å². The summed E-state index contributed by atoms with van der Waals surface area (Å²) in [4.78, 5) is 11.8. The van der Waals surface area contributed by atoms with E-state index in [1.165, 1.54) is 0 Å². The average molecular weight is 338 g/mol. The number of hydrogen-bond donors (Lipinski definition) is 1. The summed E-state index contributed by atoms with van der Waals surface area (Å²) in [5.41, 5.74) is 2.06. The van der Waals surface area contributed by atoms with Gasteiger partial charge in [-0.3, -0.25) is 4.79 Å². The van der Waals surface area contributed by atoms with Crippen molar-refractivity contribution in [2.45, 2.75) is 12.8 Å². The lowest BCUT2D eigenvalue weighted by Crippen LogP contribution is -2.27. The Morgan fingerprint density at radius 3 is 2.95 bits per heavy atom. The first-order chi connectivity index (χ1) is 10.7. The highest BCUT2D eigenvalue weighted by Crippen LogP contribution is 2.38. The van der Waals surface area contributed by atoms with Crippen LogP contribution in [0.4, 0.5) is 0 Å². The molecule has 1 aromatic carbocycles.